The minimum absolute atomic E-state index is 0.910. The van der Waals surface area contributed by atoms with Crippen LogP contribution in [-0.4, -0.2) is 4.57 Å². The van der Waals surface area contributed by atoms with Gasteiger partial charge in [-0.05, 0) is 30.3 Å². The van der Waals surface area contributed by atoms with Gasteiger partial charge in [-0.2, -0.15) is 0 Å². The van der Waals surface area contributed by atoms with Crippen LogP contribution in [0.25, 0.3) is 58.8 Å². The molecular formula is C26H15NOS. The smallest absolute Gasteiger partial charge is 0.213 e. The summed E-state index contributed by atoms with van der Waals surface area (Å²) >= 11 is 1.84. The SMILES string of the molecule is c1ccc2c(c1)oc1c2c2ccccc2n1-c1ccc2c(c1)sc1ccccc12. The molecule has 4 aromatic carbocycles. The third-order valence-electron chi connectivity index (χ3n) is 5.81. The van der Waals surface area contributed by atoms with Crippen LogP contribution in [0.2, 0.25) is 0 Å². The fraction of sp³-hybridized carbons (Fsp3) is 0. The Labute approximate surface area is 170 Å². The van der Waals surface area contributed by atoms with Gasteiger partial charge in [0.05, 0.1) is 16.6 Å². The lowest BCUT2D eigenvalue weighted by Gasteiger charge is -2.06. The molecule has 0 aliphatic rings. The number of hydrogen-bond donors (Lipinski definition) is 0. The van der Waals surface area contributed by atoms with Crippen molar-refractivity contribution in [1.29, 1.82) is 0 Å². The highest BCUT2D eigenvalue weighted by Crippen LogP contribution is 2.40. The molecule has 136 valence electrons. The summed E-state index contributed by atoms with van der Waals surface area (Å²) in [6, 6.07) is 32.2. The first kappa shape index (κ1) is 15.4. The van der Waals surface area contributed by atoms with E-state index in [4.69, 9.17) is 4.42 Å². The maximum Gasteiger partial charge on any atom is 0.213 e. The minimum atomic E-state index is 0.910. The summed E-state index contributed by atoms with van der Waals surface area (Å²) in [5.41, 5.74) is 4.15. The van der Waals surface area contributed by atoms with Gasteiger partial charge in [0, 0.05) is 30.9 Å². The first-order chi connectivity index (χ1) is 14.4. The lowest BCUT2D eigenvalue weighted by molar-refractivity contribution is 0.645. The van der Waals surface area contributed by atoms with Crippen LogP contribution < -0.4 is 0 Å². The minimum Gasteiger partial charge on any atom is -0.439 e. The third kappa shape index (κ3) is 2.00. The first-order valence-corrected chi connectivity index (χ1v) is 10.5. The Hall–Kier alpha value is -3.56. The molecule has 0 atom stereocenters. The van der Waals surface area contributed by atoms with Gasteiger partial charge in [-0.1, -0.05) is 60.7 Å². The molecule has 0 fully saturated rings. The van der Waals surface area contributed by atoms with Crippen LogP contribution >= 0.6 is 11.3 Å². The standard InChI is InChI=1S/C26H15NOS/c1-4-10-21-19(8-1)25-20-9-2-5-11-22(20)28-26(25)27(21)16-13-14-18-17-7-3-6-12-23(17)29-24(18)15-16/h1-15H. The molecule has 3 heterocycles. The van der Waals surface area contributed by atoms with Crippen LogP contribution in [0.5, 0.6) is 0 Å². The molecule has 0 aliphatic heterocycles. The molecular weight excluding hydrogens is 374 g/mol. The number of nitrogens with zero attached hydrogens (tertiary/aromatic N) is 1. The van der Waals surface area contributed by atoms with E-state index in [2.05, 4.69) is 83.4 Å². The van der Waals surface area contributed by atoms with E-state index in [1.54, 1.807) is 0 Å². The summed E-state index contributed by atoms with van der Waals surface area (Å²) in [4.78, 5) is 0. The lowest BCUT2D eigenvalue weighted by atomic mass is 10.1. The fourth-order valence-corrected chi connectivity index (χ4v) is 5.69. The molecule has 7 rings (SSSR count). The quantitative estimate of drug-likeness (QED) is 0.279. The first-order valence-electron chi connectivity index (χ1n) is 9.71. The molecule has 2 nitrogen and oxygen atoms in total. The fourth-order valence-electron chi connectivity index (χ4n) is 4.55. The molecule has 0 amide bonds. The van der Waals surface area contributed by atoms with E-state index in [0.717, 1.165) is 17.0 Å². The number of rotatable bonds is 1. The third-order valence-corrected chi connectivity index (χ3v) is 6.95. The predicted molar refractivity (Wildman–Crippen MR) is 123 cm³/mol. The van der Waals surface area contributed by atoms with E-state index >= 15 is 0 Å². The normalized spacial score (nSPS) is 12.1. The van der Waals surface area contributed by atoms with Crippen molar-refractivity contribution >= 4 is 64.5 Å². The van der Waals surface area contributed by atoms with Crippen LogP contribution in [0, 0.1) is 0 Å². The van der Waals surface area contributed by atoms with E-state index in [-0.39, 0.29) is 0 Å². The zero-order chi connectivity index (χ0) is 18.9. The van der Waals surface area contributed by atoms with Crippen LogP contribution in [-0.2, 0) is 0 Å². The van der Waals surface area contributed by atoms with Gasteiger partial charge in [-0.15, -0.1) is 11.3 Å². The Morgan fingerprint density at radius 2 is 1.34 bits per heavy atom. The van der Waals surface area contributed by atoms with Gasteiger partial charge >= 0.3 is 0 Å². The Kier molecular flexibility index (Phi) is 2.91. The van der Waals surface area contributed by atoms with Gasteiger partial charge in [-0.25, -0.2) is 0 Å². The highest BCUT2D eigenvalue weighted by atomic mass is 32.1. The van der Waals surface area contributed by atoms with E-state index in [1.807, 2.05) is 23.5 Å². The van der Waals surface area contributed by atoms with Crippen LogP contribution in [0.15, 0.2) is 95.4 Å². The highest BCUT2D eigenvalue weighted by molar-refractivity contribution is 7.25. The number of thiophene rings is 1. The van der Waals surface area contributed by atoms with E-state index < -0.39 is 0 Å². The molecule has 0 saturated carbocycles. The van der Waals surface area contributed by atoms with E-state index in [1.165, 1.54) is 41.8 Å². The molecule has 3 heteroatoms. The van der Waals surface area contributed by atoms with Crippen molar-refractivity contribution < 1.29 is 4.42 Å². The lowest BCUT2D eigenvalue weighted by Crippen LogP contribution is -1.92. The van der Waals surface area contributed by atoms with Crippen molar-refractivity contribution in [2.75, 3.05) is 0 Å². The van der Waals surface area contributed by atoms with Gasteiger partial charge in [0.2, 0.25) is 5.71 Å². The second kappa shape index (κ2) is 5.49. The molecule has 0 radical (unpaired) electrons. The number of aromatic nitrogens is 1. The van der Waals surface area contributed by atoms with E-state index in [0.29, 0.717) is 0 Å². The second-order valence-electron chi connectivity index (χ2n) is 7.41. The van der Waals surface area contributed by atoms with Crippen molar-refractivity contribution in [2.45, 2.75) is 0 Å². The van der Waals surface area contributed by atoms with Crippen molar-refractivity contribution in [2.24, 2.45) is 0 Å². The maximum absolute atomic E-state index is 6.36. The van der Waals surface area contributed by atoms with Gasteiger partial charge in [0.25, 0.3) is 0 Å². The summed E-state index contributed by atoms with van der Waals surface area (Å²) in [7, 11) is 0. The van der Waals surface area contributed by atoms with Gasteiger partial charge in [0.15, 0.2) is 0 Å². The molecule has 0 bridgehead atoms. The van der Waals surface area contributed by atoms with Crippen molar-refractivity contribution in [3.63, 3.8) is 0 Å². The van der Waals surface area contributed by atoms with Crippen LogP contribution in [0.1, 0.15) is 0 Å². The summed E-state index contributed by atoms with van der Waals surface area (Å²) < 4.78 is 11.2. The maximum atomic E-state index is 6.36. The van der Waals surface area contributed by atoms with Crippen molar-refractivity contribution in [3.05, 3.63) is 91.0 Å². The Morgan fingerprint density at radius 3 is 2.28 bits per heavy atom. The number of benzene rings is 4. The Bertz CT molecular complexity index is 1710. The van der Waals surface area contributed by atoms with Crippen LogP contribution in [0.4, 0.5) is 0 Å². The summed E-state index contributed by atoms with van der Waals surface area (Å²) in [6.07, 6.45) is 0. The number of para-hydroxylation sites is 2. The Morgan fingerprint density at radius 1 is 0.621 bits per heavy atom. The van der Waals surface area contributed by atoms with Crippen molar-refractivity contribution in [1.82, 2.24) is 4.57 Å². The molecule has 0 spiro atoms. The van der Waals surface area contributed by atoms with Crippen LogP contribution in [0.3, 0.4) is 0 Å². The molecule has 7 aromatic rings. The monoisotopic (exact) mass is 389 g/mol. The van der Waals surface area contributed by atoms with E-state index in [9.17, 15) is 0 Å². The topological polar surface area (TPSA) is 18.1 Å². The molecule has 0 unspecified atom stereocenters. The highest BCUT2D eigenvalue weighted by Gasteiger charge is 2.19. The molecule has 0 saturated heterocycles. The molecule has 3 aromatic heterocycles. The average Bonchev–Trinajstić information content (AvgIpc) is 3.41. The zero-order valence-electron chi connectivity index (χ0n) is 15.4. The van der Waals surface area contributed by atoms with Gasteiger partial charge in [0.1, 0.15) is 5.58 Å². The summed E-state index contributed by atoms with van der Waals surface area (Å²) in [6.45, 7) is 0. The number of furan rings is 1. The Balaban J connectivity index is 1.63. The van der Waals surface area contributed by atoms with Gasteiger partial charge in [-0.3, -0.25) is 4.57 Å². The summed E-state index contributed by atoms with van der Waals surface area (Å²) in [5, 5.41) is 6.22. The predicted octanol–water partition coefficient (Wildman–Crippen LogP) is 7.90. The molecule has 0 N–H and O–H groups in total. The second-order valence-corrected chi connectivity index (χ2v) is 8.49. The number of fused-ring (bicyclic) bond motifs is 8. The summed E-state index contributed by atoms with van der Waals surface area (Å²) in [5.74, 6) is 0. The van der Waals surface area contributed by atoms with Crippen molar-refractivity contribution in [3.8, 4) is 5.69 Å². The number of hydrogen-bond acceptors (Lipinski definition) is 2. The average molecular weight is 389 g/mol. The molecule has 0 aliphatic carbocycles. The van der Waals surface area contributed by atoms with Gasteiger partial charge < -0.3 is 4.42 Å². The zero-order valence-corrected chi connectivity index (χ0v) is 16.2. The largest absolute Gasteiger partial charge is 0.439 e. The molecule has 29 heavy (non-hydrogen) atoms.